The fraction of sp³-hybridized carbons (Fsp3) is 0.500. The quantitative estimate of drug-likeness (QED) is 0.718. The lowest BCUT2D eigenvalue weighted by molar-refractivity contribution is -0.883. The van der Waals surface area contributed by atoms with Crippen LogP contribution in [-0.4, -0.2) is 68.3 Å². The van der Waals surface area contributed by atoms with Gasteiger partial charge in [-0.05, 0) is 6.07 Å². The molecule has 2 N–H and O–H groups in total. The summed E-state index contributed by atoms with van der Waals surface area (Å²) in [5.41, 5.74) is 0.507. The second-order valence-electron chi connectivity index (χ2n) is 5.73. The third-order valence-corrected chi connectivity index (χ3v) is 5.77. The molecular weight excluding hydrogens is 382 g/mol. The smallest absolute Gasteiger partial charge is 0.234 e. The van der Waals surface area contributed by atoms with Gasteiger partial charge >= 0.3 is 0 Å². The second kappa shape index (κ2) is 9.47. The summed E-state index contributed by atoms with van der Waals surface area (Å²) in [5, 5.41) is 3.22. The number of ether oxygens (including phenoxy) is 2. The van der Waals surface area contributed by atoms with E-state index in [0.29, 0.717) is 22.2 Å². The Kier molecular flexibility index (Phi) is 7.61. The molecule has 0 atom stereocenters. The monoisotopic (exact) mass is 404 g/mol. The molecule has 2 rings (SSSR count). The summed E-state index contributed by atoms with van der Waals surface area (Å²) in [6.07, 6.45) is 0. The minimum Gasteiger partial charge on any atom is -0.495 e. The number of hydrogen-bond donors (Lipinski definition) is 2. The molecule has 1 aliphatic heterocycles. The Balaban J connectivity index is 1.90. The number of quaternary nitrogens is 1. The zero-order valence-electron chi connectivity index (χ0n) is 14.6. The molecule has 1 aromatic rings. The van der Waals surface area contributed by atoms with Gasteiger partial charge in [0.2, 0.25) is 5.91 Å². The van der Waals surface area contributed by atoms with Gasteiger partial charge in [-0.25, -0.2) is 0 Å². The molecule has 1 aliphatic rings. The van der Waals surface area contributed by atoms with Crippen LogP contribution in [-0.2, 0) is 4.79 Å². The highest BCUT2D eigenvalue weighted by atomic mass is 35.5. The van der Waals surface area contributed by atoms with Crippen molar-refractivity contribution in [3.05, 3.63) is 17.2 Å². The lowest BCUT2D eigenvalue weighted by Gasteiger charge is -2.31. The molecule has 0 saturated carbocycles. The highest BCUT2D eigenvalue weighted by Crippen LogP contribution is 2.35. The number of methoxy groups -OCH3 is 2. The van der Waals surface area contributed by atoms with Crippen LogP contribution < -0.4 is 19.7 Å². The summed E-state index contributed by atoms with van der Waals surface area (Å²) < 4.78 is 11.2. The van der Waals surface area contributed by atoms with Crippen LogP contribution >= 0.6 is 35.6 Å². The molecule has 138 valence electrons. The van der Waals surface area contributed by atoms with Gasteiger partial charge < -0.3 is 24.6 Å². The molecule has 25 heavy (non-hydrogen) atoms. The van der Waals surface area contributed by atoms with Crippen LogP contribution in [0.4, 0.5) is 5.69 Å². The van der Waals surface area contributed by atoms with Crippen molar-refractivity contribution in [2.24, 2.45) is 0 Å². The van der Waals surface area contributed by atoms with Crippen molar-refractivity contribution in [1.29, 1.82) is 0 Å². The van der Waals surface area contributed by atoms with Gasteiger partial charge in [-0.2, -0.15) is 0 Å². The number of halogens is 1. The van der Waals surface area contributed by atoms with Crippen LogP contribution in [0.3, 0.4) is 0 Å². The van der Waals surface area contributed by atoms with E-state index in [1.54, 1.807) is 12.1 Å². The number of amides is 1. The van der Waals surface area contributed by atoms with Gasteiger partial charge in [0.1, 0.15) is 15.8 Å². The molecule has 0 spiro atoms. The van der Waals surface area contributed by atoms with Crippen LogP contribution in [0, 0.1) is 0 Å². The standard InChI is InChI=1S/C16H22ClN3O3S2/c1-19-4-6-20(7-5-19)16(24)25-10-15(21)18-12-8-11(17)13(22-2)9-14(12)23-3/h8-9H,4-7,10H2,1-3H3,(H,18,21)/p+1. The number of anilines is 1. The van der Waals surface area contributed by atoms with Gasteiger partial charge in [-0.1, -0.05) is 35.6 Å². The van der Waals surface area contributed by atoms with E-state index in [9.17, 15) is 4.79 Å². The lowest BCUT2D eigenvalue weighted by Crippen LogP contribution is -3.12. The average molecular weight is 405 g/mol. The second-order valence-corrected chi connectivity index (χ2v) is 7.75. The summed E-state index contributed by atoms with van der Waals surface area (Å²) in [4.78, 5) is 15.9. The first-order valence-electron chi connectivity index (χ1n) is 7.89. The number of benzene rings is 1. The number of rotatable bonds is 5. The maximum atomic E-state index is 12.2. The summed E-state index contributed by atoms with van der Waals surface area (Å²) >= 11 is 12.9. The van der Waals surface area contributed by atoms with E-state index < -0.39 is 0 Å². The van der Waals surface area contributed by atoms with Crippen LogP contribution in [0.2, 0.25) is 5.02 Å². The number of nitrogens with zero attached hydrogens (tertiary/aromatic N) is 1. The van der Waals surface area contributed by atoms with Crippen molar-refractivity contribution in [3.63, 3.8) is 0 Å². The lowest BCUT2D eigenvalue weighted by atomic mass is 10.2. The molecule has 1 fully saturated rings. The van der Waals surface area contributed by atoms with Crippen LogP contribution in [0.15, 0.2) is 12.1 Å². The van der Waals surface area contributed by atoms with Crippen LogP contribution in [0.25, 0.3) is 0 Å². The first-order chi connectivity index (χ1) is 11.9. The van der Waals surface area contributed by atoms with Crippen molar-refractivity contribution >= 4 is 51.5 Å². The summed E-state index contributed by atoms with van der Waals surface area (Å²) in [6, 6.07) is 3.26. The molecule has 0 radical (unpaired) electrons. The van der Waals surface area contributed by atoms with Gasteiger partial charge in [-0.3, -0.25) is 4.79 Å². The largest absolute Gasteiger partial charge is 0.495 e. The number of nitrogens with one attached hydrogen (secondary N) is 2. The Morgan fingerprint density at radius 3 is 2.56 bits per heavy atom. The zero-order valence-corrected chi connectivity index (χ0v) is 16.9. The van der Waals surface area contributed by atoms with Crippen molar-refractivity contribution in [3.8, 4) is 11.5 Å². The third kappa shape index (κ3) is 5.64. The van der Waals surface area contributed by atoms with Gasteiger partial charge in [0, 0.05) is 6.07 Å². The summed E-state index contributed by atoms with van der Waals surface area (Å²) in [7, 11) is 5.22. The molecule has 1 aromatic carbocycles. The van der Waals surface area contributed by atoms with Crippen LogP contribution in [0.1, 0.15) is 0 Å². The van der Waals surface area contributed by atoms with E-state index in [-0.39, 0.29) is 11.7 Å². The highest BCUT2D eigenvalue weighted by molar-refractivity contribution is 8.23. The van der Waals surface area contributed by atoms with E-state index in [2.05, 4.69) is 17.3 Å². The summed E-state index contributed by atoms with van der Waals surface area (Å²) in [6.45, 7) is 3.99. The molecule has 0 aliphatic carbocycles. The summed E-state index contributed by atoms with van der Waals surface area (Å²) in [5.74, 6) is 1.06. The number of likely N-dealkylation sites (N-methyl/N-ethyl adjacent to an activating group) is 1. The normalized spacial score (nSPS) is 15.0. The van der Waals surface area contributed by atoms with E-state index in [0.717, 1.165) is 30.5 Å². The predicted molar refractivity (Wildman–Crippen MR) is 106 cm³/mol. The Morgan fingerprint density at radius 2 is 1.96 bits per heavy atom. The highest BCUT2D eigenvalue weighted by Gasteiger charge is 2.20. The fourth-order valence-corrected chi connectivity index (χ4v) is 3.73. The Bertz CT molecular complexity index is 637. The Morgan fingerprint density at radius 1 is 1.32 bits per heavy atom. The van der Waals surface area contributed by atoms with Crippen molar-refractivity contribution in [2.75, 3.05) is 58.5 Å². The van der Waals surface area contributed by atoms with E-state index in [4.69, 9.17) is 33.3 Å². The molecule has 6 nitrogen and oxygen atoms in total. The number of carbonyl (C=O) groups is 1. The average Bonchev–Trinajstić information content (AvgIpc) is 2.60. The minimum atomic E-state index is -0.161. The van der Waals surface area contributed by atoms with Gasteiger partial charge in [0.05, 0.1) is 63.9 Å². The fourth-order valence-electron chi connectivity index (χ4n) is 2.43. The van der Waals surface area contributed by atoms with Crippen LogP contribution in [0.5, 0.6) is 11.5 Å². The Labute approximate surface area is 162 Å². The molecule has 0 unspecified atom stereocenters. The van der Waals surface area contributed by atoms with Crippen molar-refractivity contribution in [1.82, 2.24) is 4.90 Å². The van der Waals surface area contributed by atoms with Crippen molar-refractivity contribution in [2.45, 2.75) is 0 Å². The van der Waals surface area contributed by atoms with Gasteiger partial charge in [-0.15, -0.1) is 0 Å². The SMILES string of the molecule is COc1cc(OC)c(NC(=O)CSC(=S)N2CC[NH+](C)CC2)cc1Cl. The maximum Gasteiger partial charge on any atom is 0.234 e. The first kappa shape index (κ1) is 20.1. The third-order valence-electron chi connectivity index (χ3n) is 3.95. The molecule has 0 aromatic heterocycles. The van der Waals surface area contributed by atoms with E-state index in [1.807, 2.05) is 0 Å². The number of thiocarbonyl (C=S) groups is 1. The number of hydrogen-bond acceptors (Lipinski definition) is 5. The molecule has 0 bridgehead atoms. The van der Waals surface area contributed by atoms with E-state index >= 15 is 0 Å². The molecule has 1 amide bonds. The molecule has 1 saturated heterocycles. The molecular formula is C16H23ClN3O3S2+. The topological polar surface area (TPSA) is 55.2 Å². The number of piperazine rings is 1. The molecule has 9 heteroatoms. The van der Waals surface area contributed by atoms with Crippen molar-refractivity contribution < 1.29 is 19.2 Å². The zero-order chi connectivity index (χ0) is 18.4. The Hall–Kier alpha value is -1.22. The van der Waals surface area contributed by atoms with Gasteiger partial charge in [0.25, 0.3) is 0 Å². The number of thioether (sulfide) groups is 1. The number of carbonyl (C=O) groups excluding carboxylic acids is 1. The van der Waals surface area contributed by atoms with E-state index in [1.165, 1.54) is 30.9 Å². The first-order valence-corrected chi connectivity index (χ1v) is 9.66. The maximum absolute atomic E-state index is 12.2. The minimum absolute atomic E-state index is 0.161. The molecule has 1 heterocycles. The predicted octanol–water partition coefficient (Wildman–Crippen LogP) is 1.14. The van der Waals surface area contributed by atoms with Gasteiger partial charge in [0.15, 0.2) is 0 Å².